The van der Waals surface area contributed by atoms with Crippen LogP contribution in [0.1, 0.15) is 31.9 Å². The molecule has 0 fully saturated rings. The van der Waals surface area contributed by atoms with E-state index in [4.69, 9.17) is 0 Å². The molecule has 0 radical (unpaired) electrons. The van der Waals surface area contributed by atoms with Crippen LogP contribution >= 0.6 is 0 Å². The van der Waals surface area contributed by atoms with Gasteiger partial charge in [-0.1, -0.05) is 13.8 Å². The molecule has 0 saturated heterocycles. The lowest BCUT2D eigenvalue weighted by Crippen LogP contribution is -2.36. The Morgan fingerprint density at radius 3 is 2.20 bits per heavy atom. The number of non-ortho nitro benzene ring substituents is 1. The van der Waals surface area contributed by atoms with Crippen LogP contribution in [0.4, 0.5) is 5.69 Å². The number of rotatable bonds is 5. The predicted octanol–water partition coefficient (Wildman–Crippen LogP) is 2.53. The average molecular weight is 300 g/mol. The molecule has 0 aromatic heterocycles. The molecule has 0 spiro atoms. The molecule has 0 bridgehead atoms. The van der Waals surface area contributed by atoms with Crippen molar-refractivity contribution in [1.29, 1.82) is 0 Å². The zero-order chi connectivity index (χ0) is 15.7. The van der Waals surface area contributed by atoms with Crippen LogP contribution in [0.3, 0.4) is 0 Å². The molecule has 1 aromatic rings. The van der Waals surface area contributed by atoms with E-state index in [2.05, 4.69) is 4.72 Å². The number of nitrogens with zero attached hydrogens (tertiary/aromatic N) is 1. The van der Waals surface area contributed by atoms with Gasteiger partial charge in [-0.2, -0.15) is 0 Å². The predicted molar refractivity (Wildman–Crippen MR) is 77.2 cm³/mol. The van der Waals surface area contributed by atoms with Crippen molar-refractivity contribution in [3.05, 3.63) is 33.4 Å². The first-order valence-corrected chi connectivity index (χ1v) is 7.82. The van der Waals surface area contributed by atoms with E-state index >= 15 is 0 Å². The van der Waals surface area contributed by atoms with E-state index in [1.54, 1.807) is 20.8 Å². The van der Waals surface area contributed by atoms with E-state index in [9.17, 15) is 18.5 Å². The zero-order valence-corrected chi connectivity index (χ0v) is 13.1. The Morgan fingerprint density at radius 1 is 1.20 bits per heavy atom. The van der Waals surface area contributed by atoms with Gasteiger partial charge in [0.2, 0.25) is 10.0 Å². The van der Waals surface area contributed by atoms with Gasteiger partial charge in [-0.15, -0.1) is 0 Å². The largest absolute Gasteiger partial charge is 0.271 e. The molecule has 1 atom stereocenters. The molecule has 7 heteroatoms. The summed E-state index contributed by atoms with van der Waals surface area (Å²) in [5.41, 5.74) is 0.890. The third-order valence-corrected chi connectivity index (χ3v) is 5.13. The second-order valence-corrected chi connectivity index (χ2v) is 6.98. The normalized spacial score (nSPS) is 13.5. The Balaban J connectivity index is 3.34. The van der Waals surface area contributed by atoms with Crippen LogP contribution < -0.4 is 4.72 Å². The lowest BCUT2D eigenvalue weighted by atomic mass is 10.1. The van der Waals surface area contributed by atoms with Gasteiger partial charge in [-0.25, -0.2) is 13.1 Å². The van der Waals surface area contributed by atoms with Crippen molar-refractivity contribution >= 4 is 15.7 Å². The van der Waals surface area contributed by atoms with Crippen LogP contribution in [-0.2, 0) is 10.0 Å². The third kappa shape index (κ3) is 3.55. The molecule has 0 saturated carbocycles. The summed E-state index contributed by atoms with van der Waals surface area (Å²) in [5, 5.41) is 10.9. The molecule has 0 aliphatic heterocycles. The quantitative estimate of drug-likeness (QED) is 0.668. The summed E-state index contributed by atoms with van der Waals surface area (Å²) in [5.74, 6) is 0.130. The second-order valence-electron chi connectivity index (χ2n) is 5.30. The first kappa shape index (κ1) is 16.6. The molecule has 1 rings (SSSR count). The van der Waals surface area contributed by atoms with Gasteiger partial charge in [0.05, 0.1) is 9.82 Å². The van der Waals surface area contributed by atoms with E-state index in [0.29, 0.717) is 11.1 Å². The highest BCUT2D eigenvalue weighted by Crippen LogP contribution is 2.25. The van der Waals surface area contributed by atoms with Gasteiger partial charge in [0.15, 0.2) is 0 Å². The summed E-state index contributed by atoms with van der Waals surface area (Å²) < 4.78 is 27.3. The summed E-state index contributed by atoms with van der Waals surface area (Å²) in [6.45, 7) is 8.88. The topological polar surface area (TPSA) is 89.3 Å². The number of nitrogens with one attached hydrogen (secondary N) is 1. The molecule has 1 unspecified atom stereocenters. The molecule has 0 heterocycles. The third-order valence-electron chi connectivity index (χ3n) is 3.45. The fourth-order valence-corrected chi connectivity index (χ4v) is 3.37. The standard InChI is InChI=1S/C13H20N2O4S/c1-8(2)11(5)14-20(18,19)13-7-12(15(16)17)6-9(3)10(13)4/h6-8,11,14H,1-5H3. The van der Waals surface area contributed by atoms with Crippen molar-refractivity contribution in [2.45, 2.75) is 45.6 Å². The smallest absolute Gasteiger partial charge is 0.258 e. The number of benzene rings is 1. The number of aryl methyl sites for hydroxylation is 1. The summed E-state index contributed by atoms with van der Waals surface area (Å²) in [4.78, 5) is 10.2. The fraction of sp³-hybridized carbons (Fsp3) is 0.538. The molecule has 0 aliphatic carbocycles. The molecule has 112 valence electrons. The van der Waals surface area contributed by atoms with Crippen molar-refractivity contribution in [2.24, 2.45) is 5.92 Å². The van der Waals surface area contributed by atoms with Crippen LogP contribution in [0.15, 0.2) is 17.0 Å². The van der Waals surface area contributed by atoms with Crippen LogP contribution in [0.5, 0.6) is 0 Å². The minimum Gasteiger partial charge on any atom is -0.258 e. The fourth-order valence-electron chi connectivity index (χ4n) is 1.64. The lowest BCUT2D eigenvalue weighted by molar-refractivity contribution is -0.385. The summed E-state index contributed by atoms with van der Waals surface area (Å²) in [6, 6.07) is 2.23. The maximum atomic E-state index is 12.4. The Bertz CT molecular complexity index is 624. The average Bonchev–Trinajstić information content (AvgIpc) is 2.31. The molecule has 0 amide bonds. The zero-order valence-electron chi connectivity index (χ0n) is 12.3. The highest BCUT2D eigenvalue weighted by atomic mass is 32.2. The maximum absolute atomic E-state index is 12.4. The molecule has 1 aromatic carbocycles. The van der Waals surface area contributed by atoms with Gasteiger partial charge in [-0.3, -0.25) is 10.1 Å². The lowest BCUT2D eigenvalue weighted by Gasteiger charge is -2.18. The monoisotopic (exact) mass is 300 g/mol. The van der Waals surface area contributed by atoms with E-state index in [1.165, 1.54) is 6.07 Å². The Morgan fingerprint density at radius 2 is 1.75 bits per heavy atom. The van der Waals surface area contributed by atoms with Crippen molar-refractivity contribution in [1.82, 2.24) is 4.72 Å². The minimum atomic E-state index is -3.77. The number of sulfonamides is 1. The van der Waals surface area contributed by atoms with Gasteiger partial charge in [-0.05, 0) is 37.8 Å². The van der Waals surface area contributed by atoms with Crippen LogP contribution in [0, 0.1) is 29.9 Å². The molecular formula is C13H20N2O4S. The van der Waals surface area contributed by atoms with Crippen molar-refractivity contribution in [3.63, 3.8) is 0 Å². The minimum absolute atomic E-state index is 0.0308. The maximum Gasteiger partial charge on any atom is 0.271 e. The molecule has 1 N–H and O–H groups in total. The first-order valence-electron chi connectivity index (χ1n) is 6.34. The van der Waals surface area contributed by atoms with Crippen LogP contribution in [-0.4, -0.2) is 19.4 Å². The number of nitro groups is 1. The SMILES string of the molecule is Cc1cc([N+](=O)[O-])cc(S(=O)(=O)NC(C)C(C)C)c1C. The summed E-state index contributed by atoms with van der Waals surface area (Å²) >= 11 is 0. The van der Waals surface area contributed by atoms with E-state index in [0.717, 1.165) is 6.07 Å². The first-order chi connectivity index (χ1) is 9.06. The Hall–Kier alpha value is -1.47. The molecular weight excluding hydrogens is 280 g/mol. The van der Waals surface area contributed by atoms with Gasteiger partial charge < -0.3 is 0 Å². The van der Waals surface area contributed by atoms with Gasteiger partial charge >= 0.3 is 0 Å². The van der Waals surface area contributed by atoms with Gasteiger partial charge in [0, 0.05) is 18.2 Å². The van der Waals surface area contributed by atoms with Crippen LogP contribution in [0.2, 0.25) is 0 Å². The van der Waals surface area contributed by atoms with E-state index in [-0.39, 0.29) is 22.5 Å². The molecule has 20 heavy (non-hydrogen) atoms. The number of hydrogen-bond donors (Lipinski definition) is 1. The highest BCUT2D eigenvalue weighted by molar-refractivity contribution is 7.89. The summed E-state index contributed by atoms with van der Waals surface area (Å²) in [7, 11) is -3.77. The number of hydrogen-bond acceptors (Lipinski definition) is 4. The Labute approximate surface area is 119 Å². The van der Waals surface area contributed by atoms with Crippen LogP contribution in [0.25, 0.3) is 0 Å². The Kier molecular flexibility index (Phi) is 4.88. The highest BCUT2D eigenvalue weighted by Gasteiger charge is 2.24. The van der Waals surface area contributed by atoms with Gasteiger partial charge in [0.1, 0.15) is 0 Å². The van der Waals surface area contributed by atoms with Crippen molar-refractivity contribution < 1.29 is 13.3 Å². The molecule has 6 nitrogen and oxygen atoms in total. The number of nitro benzene ring substituents is 1. The second kappa shape index (κ2) is 5.88. The van der Waals surface area contributed by atoms with Crippen molar-refractivity contribution in [3.8, 4) is 0 Å². The van der Waals surface area contributed by atoms with E-state index < -0.39 is 14.9 Å². The van der Waals surface area contributed by atoms with Gasteiger partial charge in [0.25, 0.3) is 5.69 Å². The van der Waals surface area contributed by atoms with Crippen molar-refractivity contribution in [2.75, 3.05) is 0 Å². The van der Waals surface area contributed by atoms with E-state index in [1.807, 2.05) is 13.8 Å². The summed E-state index contributed by atoms with van der Waals surface area (Å²) in [6.07, 6.45) is 0. The molecule has 0 aliphatic rings.